The van der Waals surface area contributed by atoms with Gasteiger partial charge in [0, 0.05) is 25.2 Å². The third-order valence-electron chi connectivity index (χ3n) is 3.29. The van der Waals surface area contributed by atoms with Crippen LogP contribution >= 0.6 is 0 Å². The minimum atomic E-state index is -0.423. The standard InChI is InChI=1S/C15H23FN2O2/c1-5-19-14-7-13(12(17)6-11(14)16)18-8-10(2)20-15(3,4)9-18/h6-7,10H,5,8-9,17H2,1-4H3. The Morgan fingerprint density at radius 3 is 2.80 bits per heavy atom. The lowest BCUT2D eigenvalue weighted by molar-refractivity contribution is -0.0749. The fourth-order valence-electron chi connectivity index (χ4n) is 2.74. The fourth-order valence-corrected chi connectivity index (χ4v) is 2.74. The summed E-state index contributed by atoms with van der Waals surface area (Å²) in [6, 6.07) is 3.01. The van der Waals surface area contributed by atoms with Crippen LogP contribution in [0.3, 0.4) is 0 Å². The largest absolute Gasteiger partial charge is 0.491 e. The first-order valence-corrected chi connectivity index (χ1v) is 6.97. The molecule has 0 saturated carbocycles. The Kier molecular flexibility index (Phi) is 4.09. The summed E-state index contributed by atoms with van der Waals surface area (Å²) in [6.07, 6.45) is 0.0961. The van der Waals surface area contributed by atoms with E-state index in [1.54, 1.807) is 6.07 Å². The number of nitrogens with two attached hydrogens (primary N) is 1. The smallest absolute Gasteiger partial charge is 0.167 e. The monoisotopic (exact) mass is 282 g/mol. The number of ether oxygens (including phenoxy) is 2. The van der Waals surface area contributed by atoms with Gasteiger partial charge >= 0.3 is 0 Å². The van der Waals surface area contributed by atoms with Crippen molar-refractivity contribution in [1.29, 1.82) is 0 Å². The molecular weight excluding hydrogens is 259 g/mol. The zero-order valence-corrected chi connectivity index (χ0v) is 12.6. The highest BCUT2D eigenvalue weighted by atomic mass is 19.1. The number of nitrogen functional groups attached to an aromatic ring is 1. The van der Waals surface area contributed by atoms with Crippen LogP contribution in [0.15, 0.2) is 12.1 Å². The van der Waals surface area contributed by atoms with Crippen molar-refractivity contribution in [2.45, 2.75) is 39.4 Å². The summed E-state index contributed by atoms with van der Waals surface area (Å²) in [5, 5.41) is 0. The Hall–Kier alpha value is -1.49. The number of hydrogen-bond donors (Lipinski definition) is 1. The summed E-state index contributed by atoms with van der Waals surface area (Å²) in [5.41, 5.74) is 6.94. The van der Waals surface area contributed by atoms with Gasteiger partial charge in [-0.3, -0.25) is 0 Å². The van der Waals surface area contributed by atoms with E-state index < -0.39 is 5.82 Å². The maximum Gasteiger partial charge on any atom is 0.167 e. The molecule has 0 bridgehead atoms. The molecule has 2 N–H and O–H groups in total. The van der Waals surface area contributed by atoms with E-state index in [0.717, 1.165) is 12.2 Å². The van der Waals surface area contributed by atoms with Crippen molar-refractivity contribution in [1.82, 2.24) is 0 Å². The highest BCUT2D eigenvalue weighted by Gasteiger charge is 2.32. The first kappa shape index (κ1) is 14.9. The lowest BCUT2D eigenvalue weighted by atomic mass is 10.0. The minimum Gasteiger partial charge on any atom is -0.491 e. The zero-order valence-electron chi connectivity index (χ0n) is 12.6. The van der Waals surface area contributed by atoms with Crippen LogP contribution < -0.4 is 15.4 Å². The van der Waals surface area contributed by atoms with Gasteiger partial charge in [-0.2, -0.15) is 0 Å². The van der Waals surface area contributed by atoms with Crippen LogP contribution in [0.1, 0.15) is 27.7 Å². The third kappa shape index (κ3) is 3.15. The Labute approximate surface area is 119 Å². The minimum absolute atomic E-state index is 0.0961. The van der Waals surface area contributed by atoms with Gasteiger partial charge in [-0.15, -0.1) is 0 Å². The second kappa shape index (κ2) is 5.48. The average Bonchev–Trinajstić information content (AvgIpc) is 2.30. The molecule has 0 radical (unpaired) electrons. The first-order valence-electron chi connectivity index (χ1n) is 6.97. The van der Waals surface area contributed by atoms with E-state index in [-0.39, 0.29) is 17.5 Å². The summed E-state index contributed by atoms with van der Waals surface area (Å²) in [7, 11) is 0. The van der Waals surface area contributed by atoms with Crippen molar-refractivity contribution in [3.63, 3.8) is 0 Å². The van der Waals surface area contributed by atoms with Crippen LogP contribution in [0, 0.1) is 5.82 Å². The molecule has 0 amide bonds. The predicted molar refractivity (Wildman–Crippen MR) is 78.8 cm³/mol. The molecule has 4 nitrogen and oxygen atoms in total. The molecule has 1 aromatic carbocycles. The highest BCUT2D eigenvalue weighted by molar-refractivity contribution is 5.70. The van der Waals surface area contributed by atoms with E-state index in [1.165, 1.54) is 6.07 Å². The Balaban J connectivity index is 2.33. The van der Waals surface area contributed by atoms with E-state index in [1.807, 2.05) is 27.7 Å². The molecule has 1 aliphatic rings. The summed E-state index contributed by atoms with van der Waals surface area (Å²) in [6.45, 7) is 9.79. The normalized spacial score (nSPS) is 21.9. The quantitative estimate of drug-likeness (QED) is 0.866. The molecule has 5 heteroatoms. The Bertz CT molecular complexity index is 491. The summed E-state index contributed by atoms with van der Waals surface area (Å²) < 4.78 is 25.0. The summed E-state index contributed by atoms with van der Waals surface area (Å²) in [4.78, 5) is 2.13. The van der Waals surface area contributed by atoms with Gasteiger partial charge < -0.3 is 20.1 Å². The molecule has 1 aromatic rings. The molecule has 2 rings (SSSR count). The summed E-state index contributed by atoms with van der Waals surface area (Å²) in [5.74, 6) is -0.178. The van der Waals surface area contributed by atoms with Crippen molar-refractivity contribution >= 4 is 11.4 Å². The molecule has 0 aliphatic carbocycles. The summed E-state index contributed by atoms with van der Waals surface area (Å²) >= 11 is 0. The van der Waals surface area contributed by atoms with Crippen LogP contribution in [0.2, 0.25) is 0 Å². The van der Waals surface area contributed by atoms with Gasteiger partial charge in [-0.25, -0.2) is 4.39 Å². The zero-order chi connectivity index (χ0) is 14.9. The van der Waals surface area contributed by atoms with E-state index in [0.29, 0.717) is 18.8 Å². The molecular formula is C15H23FN2O2. The number of anilines is 2. The molecule has 1 atom stereocenters. The van der Waals surface area contributed by atoms with Gasteiger partial charge in [0.25, 0.3) is 0 Å². The van der Waals surface area contributed by atoms with Crippen molar-refractivity contribution in [2.75, 3.05) is 30.3 Å². The molecule has 1 unspecified atom stereocenters. The van der Waals surface area contributed by atoms with E-state index >= 15 is 0 Å². The first-order chi connectivity index (χ1) is 9.32. The van der Waals surface area contributed by atoms with Crippen LogP contribution in [0.5, 0.6) is 5.75 Å². The Morgan fingerprint density at radius 1 is 1.50 bits per heavy atom. The lowest BCUT2D eigenvalue weighted by Gasteiger charge is -2.43. The van der Waals surface area contributed by atoms with Crippen LogP contribution in [-0.4, -0.2) is 31.4 Å². The van der Waals surface area contributed by atoms with Gasteiger partial charge in [0.2, 0.25) is 0 Å². The number of halogens is 1. The van der Waals surface area contributed by atoms with Gasteiger partial charge in [-0.1, -0.05) is 0 Å². The van der Waals surface area contributed by atoms with E-state index in [4.69, 9.17) is 15.2 Å². The van der Waals surface area contributed by atoms with Crippen molar-refractivity contribution in [2.24, 2.45) is 0 Å². The number of benzene rings is 1. The maximum absolute atomic E-state index is 13.8. The molecule has 1 saturated heterocycles. The van der Waals surface area contributed by atoms with Gasteiger partial charge in [0.05, 0.1) is 29.7 Å². The molecule has 0 spiro atoms. The highest BCUT2D eigenvalue weighted by Crippen LogP contribution is 2.34. The second-order valence-corrected chi connectivity index (χ2v) is 5.84. The number of rotatable bonds is 3. The number of nitrogens with zero attached hydrogens (tertiary/aromatic N) is 1. The van der Waals surface area contributed by atoms with Crippen molar-refractivity contribution in [3.05, 3.63) is 17.9 Å². The molecule has 1 aliphatic heterocycles. The van der Waals surface area contributed by atoms with Gasteiger partial charge in [0.15, 0.2) is 11.6 Å². The molecule has 0 aromatic heterocycles. The van der Waals surface area contributed by atoms with E-state index in [2.05, 4.69) is 4.90 Å². The van der Waals surface area contributed by atoms with Crippen LogP contribution in [0.4, 0.5) is 15.8 Å². The molecule has 20 heavy (non-hydrogen) atoms. The Morgan fingerprint density at radius 2 is 2.20 bits per heavy atom. The van der Waals surface area contributed by atoms with Crippen molar-refractivity contribution in [3.8, 4) is 5.75 Å². The van der Waals surface area contributed by atoms with Crippen molar-refractivity contribution < 1.29 is 13.9 Å². The lowest BCUT2D eigenvalue weighted by Crippen LogP contribution is -2.52. The van der Waals surface area contributed by atoms with Crippen LogP contribution in [-0.2, 0) is 4.74 Å². The SMILES string of the molecule is CCOc1cc(N2CC(C)OC(C)(C)C2)c(N)cc1F. The topological polar surface area (TPSA) is 47.7 Å². The third-order valence-corrected chi connectivity index (χ3v) is 3.29. The number of morpholine rings is 1. The predicted octanol–water partition coefficient (Wildman–Crippen LogP) is 2.81. The molecule has 1 fully saturated rings. The van der Waals surface area contributed by atoms with Gasteiger partial charge in [-0.05, 0) is 27.7 Å². The van der Waals surface area contributed by atoms with E-state index in [9.17, 15) is 4.39 Å². The van der Waals surface area contributed by atoms with Gasteiger partial charge in [0.1, 0.15) is 0 Å². The maximum atomic E-state index is 13.8. The fraction of sp³-hybridized carbons (Fsp3) is 0.600. The molecule has 1 heterocycles. The second-order valence-electron chi connectivity index (χ2n) is 5.84. The average molecular weight is 282 g/mol. The molecule has 112 valence electrons. The number of hydrogen-bond acceptors (Lipinski definition) is 4. The van der Waals surface area contributed by atoms with Crippen LogP contribution in [0.25, 0.3) is 0 Å².